The number of nitrogens with zero attached hydrogens (tertiary/aromatic N) is 2. The minimum absolute atomic E-state index is 0.0293. The molecular formula is C15H24N2. The molecule has 0 aliphatic heterocycles. The van der Waals surface area contributed by atoms with Gasteiger partial charge in [-0.25, -0.2) is 0 Å². The minimum atomic E-state index is -0.0293. The molecule has 94 valence electrons. The molecule has 0 saturated heterocycles. The van der Waals surface area contributed by atoms with Crippen LogP contribution in [0.2, 0.25) is 0 Å². The van der Waals surface area contributed by atoms with Crippen molar-refractivity contribution in [2.24, 2.45) is 15.6 Å². The van der Waals surface area contributed by atoms with Gasteiger partial charge < -0.3 is 0 Å². The first-order chi connectivity index (χ1) is 7.91. The molecule has 0 fully saturated rings. The lowest BCUT2D eigenvalue weighted by Crippen LogP contribution is -2.06. The number of allylic oxidation sites excluding steroid dienone is 2. The summed E-state index contributed by atoms with van der Waals surface area (Å²) in [4.78, 5) is 0. The summed E-state index contributed by atoms with van der Waals surface area (Å²) < 4.78 is 0. The van der Waals surface area contributed by atoms with Gasteiger partial charge in [0.25, 0.3) is 0 Å². The highest BCUT2D eigenvalue weighted by atomic mass is 15.1. The van der Waals surface area contributed by atoms with Crippen LogP contribution in [0.1, 0.15) is 40.5 Å². The molecule has 2 nitrogen and oxygen atoms in total. The summed E-state index contributed by atoms with van der Waals surface area (Å²) >= 11 is 0. The molecular weight excluding hydrogens is 208 g/mol. The van der Waals surface area contributed by atoms with Crippen LogP contribution in [0.15, 0.2) is 52.5 Å². The fourth-order valence-corrected chi connectivity index (χ4v) is 1.12. The van der Waals surface area contributed by atoms with Gasteiger partial charge in [0.05, 0.1) is 6.54 Å². The fourth-order valence-electron chi connectivity index (χ4n) is 1.12. The third-order valence-electron chi connectivity index (χ3n) is 2.16. The van der Waals surface area contributed by atoms with E-state index in [2.05, 4.69) is 49.9 Å². The molecule has 0 amide bonds. The Balaban J connectivity index is 4.45. The van der Waals surface area contributed by atoms with Crippen LogP contribution in [-0.2, 0) is 0 Å². The van der Waals surface area contributed by atoms with Crippen LogP contribution in [0.25, 0.3) is 0 Å². The van der Waals surface area contributed by atoms with Crippen molar-refractivity contribution in [2.75, 3.05) is 6.54 Å². The maximum Gasteiger partial charge on any atom is 0.109 e. The van der Waals surface area contributed by atoms with Gasteiger partial charge in [-0.15, -0.1) is 6.58 Å². The second-order valence-corrected chi connectivity index (χ2v) is 5.01. The van der Waals surface area contributed by atoms with Crippen LogP contribution in [0.3, 0.4) is 0 Å². The molecule has 0 aliphatic rings. The van der Waals surface area contributed by atoms with Crippen LogP contribution in [0, 0.1) is 5.41 Å². The Bertz CT molecular complexity index is 348. The molecule has 0 aliphatic carbocycles. The zero-order valence-electron chi connectivity index (χ0n) is 11.6. The highest BCUT2D eigenvalue weighted by Crippen LogP contribution is 2.25. The summed E-state index contributed by atoms with van der Waals surface area (Å²) in [5.74, 6) is 0. The average molecular weight is 232 g/mol. The van der Waals surface area contributed by atoms with Gasteiger partial charge in [-0.3, -0.25) is 0 Å². The van der Waals surface area contributed by atoms with Crippen molar-refractivity contribution < 1.29 is 0 Å². The second-order valence-electron chi connectivity index (χ2n) is 5.01. The van der Waals surface area contributed by atoms with E-state index in [4.69, 9.17) is 0 Å². The van der Waals surface area contributed by atoms with Crippen LogP contribution in [-0.4, -0.2) is 6.54 Å². The number of rotatable bonds is 6. The largest absolute Gasteiger partial charge is 0.184 e. The lowest BCUT2D eigenvalue weighted by Gasteiger charge is -2.15. The van der Waals surface area contributed by atoms with Crippen molar-refractivity contribution in [3.63, 3.8) is 0 Å². The van der Waals surface area contributed by atoms with E-state index in [9.17, 15) is 0 Å². The SMILES string of the molecule is C=CCCC(=C)CN=NC(=C=CC)C(C)(C)C. The molecule has 0 radical (unpaired) electrons. The Hall–Kier alpha value is -1.40. The van der Waals surface area contributed by atoms with Gasteiger partial charge in [-0.05, 0) is 25.8 Å². The van der Waals surface area contributed by atoms with E-state index in [0.29, 0.717) is 6.54 Å². The van der Waals surface area contributed by atoms with E-state index < -0.39 is 0 Å². The summed E-state index contributed by atoms with van der Waals surface area (Å²) in [5, 5.41) is 8.43. The normalized spacial score (nSPS) is 11.1. The number of azo groups is 1. The molecule has 0 N–H and O–H groups in total. The summed E-state index contributed by atoms with van der Waals surface area (Å²) in [7, 11) is 0. The van der Waals surface area contributed by atoms with Crippen molar-refractivity contribution in [1.82, 2.24) is 0 Å². The van der Waals surface area contributed by atoms with Gasteiger partial charge in [0.2, 0.25) is 0 Å². The monoisotopic (exact) mass is 232 g/mol. The topological polar surface area (TPSA) is 24.7 Å². The van der Waals surface area contributed by atoms with E-state index in [1.165, 1.54) is 0 Å². The van der Waals surface area contributed by atoms with Gasteiger partial charge >= 0.3 is 0 Å². The molecule has 0 aromatic carbocycles. The number of hydrogen-bond acceptors (Lipinski definition) is 2. The van der Waals surface area contributed by atoms with E-state index in [1.807, 2.05) is 19.1 Å². The Morgan fingerprint density at radius 1 is 1.35 bits per heavy atom. The number of hydrogen-bond donors (Lipinski definition) is 0. The fraction of sp³-hybridized carbons (Fsp3) is 0.533. The average Bonchev–Trinajstić information content (AvgIpc) is 2.23. The van der Waals surface area contributed by atoms with Crippen molar-refractivity contribution in [1.29, 1.82) is 0 Å². The zero-order chi connectivity index (χ0) is 13.3. The summed E-state index contributed by atoms with van der Waals surface area (Å²) in [6.07, 6.45) is 5.64. The van der Waals surface area contributed by atoms with Gasteiger partial charge in [0, 0.05) is 5.41 Å². The first-order valence-electron chi connectivity index (χ1n) is 5.98. The second kappa shape index (κ2) is 7.81. The summed E-state index contributed by atoms with van der Waals surface area (Å²) in [6.45, 7) is 16.5. The Morgan fingerprint density at radius 2 is 2.00 bits per heavy atom. The molecule has 0 saturated carbocycles. The van der Waals surface area contributed by atoms with Crippen molar-refractivity contribution >= 4 is 0 Å². The van der Waals surface area contributed by atoms with Crippen LogP contribution < -0.4 is 0 Å². The van der Waals surface area contributed by atoms with Crippen molar-refractivity contribution in [3.8, 4) is 0 Å². The maximum absolute atomic E-state index is 4.25. The first-order valence-corrected chi connectivity index (χ1v) is 5.98. The Kier molecular flexibility index (Phi) is 7.16. The van der Waals surface area contributed by atoms with Gasteiger partial charge in [0.15, 0.2) is 0 Å². The van der Waals surface area contributed by atoms with Crippen molar-refractivity contribution in [3.05, 3.63) is 42.3 Å². The van der Waals surface area contributed by atoms with Gasteiger partial charge in [-0.1, -0.05) is 44.7 Å². The van der Waals surface area contributed by atoms with Crippen LogP contribution in [0.5, 0.6) is 0 Å². The van der Waals surface area contributed by atoms with E-state index in [-0.39, 0.29) is 5.41 Å². The third kappa shape index (κ3) is 7.48. The maximum atomic E-state index is 4.25. The van der Waals surface area contributed by atoms with E-state index >= 15 is 0 Å². The van der Waals surface area contributed by atoms with Crippen LogP contribution >= 0.6 is 0 Å². The molecule has 0 aromatic rings. The van der Waals surface area contributed by atoms with E-state index in [1.54, 1.807) is 0 Å². The highest BCUT2D eigenvalue weighted by molar-refractivity contribution is 5.08. The molecule has 0 heterocycles. The first kappa shape index (κ1) is 15.6. The Labute approximate surface area is 106 Å². The third-order valence-corrected chi connectivity index (χ3v) is 2.16. The standard InChI is InChI=1S/C15H24N2/c1-7-9-11-13(3)12-16-17-14(10-8-2)15(4,5)6/h7-8H,1,3,9,11-12H2,2,4-6H3. The highest BCUT2D eigenvalue weighted by Gasteiger charge is 2.16. The van der Waals surface area contributed by atoms with Crippen LogP contribution in [0.4, 0.5) is 0 Å². The molecule has 0 rings (SSSR count). The summed E-state index contributed by atoms with van der Waals surface area (Å²) in [6, 6.07) is 0. The molecule has 0 bridgehead atoms. The quantitative estimate of drug-likeness (QED) is 0.347. The molecule has 0 atom stereocenters. The minimum Gasteiger partial charge on any atom is -0.184 e. The molecule has 0 spiro atoms. The molecule has 17 heavy (non-hydrogen) atoms. The van der Waals surface area contributed by atoms with E-state index in [0.717, 1.165) is 24.1 Å². The predicted octanol–water partition coefficient (Wildman–Crippen LogP) is 5.07. The van der Waals surface area contributed by atoms with Gasteiger partial charge in [-0.2, -0.15) is 10.2 Å². The predicted molar refractivity (Wildman–Crippen MR) is 75.0 cm³/mol. The lowest BCUT2D eigenvalue weighted by atomic mass is 9.93. The Morgan fingerprint density at radius 3 is 2.47 bits per heavy atom. The zero-order valence-corrected chi connectivity index (χ0v) is 11.6. The molecule has 2 heteroatoms. The molecule has 0 unspecified atom stereocenters. The van der Waals surface area contributed by atoms with Gasteiger partial charge in [0.1, 0.15) is 5.70 Å². The lowest BCUT2D eigenvalue weighted by molar-refractivity contribution is 0.492. The molecule has 0 aromatic heterocycles. The summed E-state index contributed by atoms with van der Waals surface area (Å²) in [5.41, 5.74) is 5.05. The smallest absolute Gasteiger partial charge is 0.109 e. The van der Waals surface area contributed by atoms with Crippen molar-refractivity contribution in [2.45, 2.75) is 40.5 Å².